The van der Waals surface area contributed by atoms with Crippen LogP contribution in [0.15, 0.2) is 87.8 Å². The number of benzene rings is 2. The molecular weight excluding hydrogens is 418 g/mol. The number of hydrogen-bond acceptors (Lipinski definition) is 6. The van der Waals surface area contributed by atoms with Crippen LogP contribution in [-0.2, 0) is 4.79 Å². The Kier molecular flexibility index (Phi) is 6.26. The lowest BCUT2D eigenvalue weighted by molar-refractivity contribution is -0.119. The first-order valence-electron chi connectivity index (χ1n) is 9.08. The van der Waals surface area contributed by atoms with Crippen LogP contribution < -0.4 is 10.9 Å². The van der Waals surface area contributed by atoms with Crippen molar-refractivity contribution in [3.8, 4) is 22.6 Å². The van der Waals surface area contributed by atoms with Crippen molar-refractivity contribution in [1.82, 2.24) is 15.8 Å². The van der Waals surface area contributed by atoms with Crippen molar-refractivity contribution >= 4 is 34.9 Å². The van der Waals surface area contributed by atoms with E-state index in [0.29, 0.717) is 15.9 Å². The predicted molar refractivity (Wildman–Crippen MR) is 118 cm³/mol. The maximum Gasteiger partial charge on any atom is 0.279 e. The van der Waals surface area contributed by atoms with Crippen LogP contribution in [0.1, 0.15) is 9.67 Å². The summed E-state index contributed by atoms with van der Waals surface area (Å²) < 4.78 is 5.98. The first kappa shape index (κ1) is 19.9. The van der Waals surface area contributed by atoms with E-state index in [1.54, 1.807) is 17.5 Å². The van der Waals surface area contributed by atoms with Crippen molar-refractivity contribution in [2.45, 2.75) is 5.22 Å². The van der Waals surface area contributed by atoms with Gasteiger partial charge in [0.25, 0.3) is 11.1 Å². The fraction of sp³-hybridized carbons (Fsp3) is 0.0455. The molecule has 0 aliphatic heterocycles. The molecule has 0 saturated carbocycles. The van der Waals surface area contributed by atoms with Gasteiger partial charge in [-0.15, -0.1) is 11.3 Å². The largest absolute Gasteiger partial charge is 0.431 e. The lowest BCUT2D eigenvalue weighted by Crippen LogP contribution is -2.42. The molecule has 0 unspecified atom stereocenters. The summed E-state index contributed by atoms with van der Waals surface area (Å²) in [5.74, 6) is -0.00761. The summed E-state index contributed by atoms with van der Waals surface area (Å²) >= 11 is 2.46. The Labute approximate surface area is 181 Å². The van der Waals surface area contributed by atoms with E-state index in [2.05, 4.69) is 15.8 Å². The van der Waals surface area contributed by atoms with Gasteiger partial charge in [0.15, 0.2) is 5.76 Å². The number of thioether (sulfide) groups is 1. The minimum atomic E-state index is -0.356. The fourth-order valence-electron chi connectivity index (χ4n) is 2.70. The van der Waals surface area contributed by atoms with Gasteiger partial charge in [0.1, 0.15) is 5.69 Å². The van der Waals surface area contributed by atoms with Crippen LogP contribution in [0, 0.1) is 0 Å². The summed E-state index contributed by atoms with van der Waals surface area (Å²) in [5.41, 5.74) is 7.35. The Hall–Kier alpha value is -3.36. The Morgan fingerprint density at radius 1 is 0.900 bits per heavy atom. The summed E-state index contributed by atoms with van der Waals surface area (Å²) in [6.07, 6.45) is 0. The number of carbonyl (C=O) groups is 2. The van der Waals surface area contributed by atoms with Crippen molar-refractivity contribution in [3.05, 3.63) is 83.1 Å². The van der Waals surface area contributed by atoms with E-state index in [9.17, 15) is 9.59 Å². The van der Waals surface area contributed by atoms with Gasteiger partial charge in [-0.05, 0) is 11.4 Å². The van der Waals surface area contributed by atoms with Crippen LogP contribution in [0.25, 0.3) is 22.6 Å². The molecule has 4 aromatic rings. The molecule has 2 aromatic heterocycles. The molecule has 0 bridgehead atoms. The highest BCUT2D eigenvalue weighted by Gasteiger charge is 2.18. The molecule has 0 radical (unpaired) electrons. The average molecular weight is 436 g/mol. The van der Waals surface area contributed by atoms with Gasteiger partial charge in [-0.2, -0.15) is 0 Å². The van der Waals surface area contributed by atoms with Crippen molar-refractivity contribution in [2.24, 2.45) is 0 Å². The summed E-state index contributed by atoms with van der Waals surface area (Å²) in [4.78, 5) is 29.1. The SMILES string of the molecule is O=C(CSc1nc(-c2ccccc2)c(-c2ccccc2)o1)NNC(=O)c1cccs1. The molecule has 2 amide bonds. The Balaban J connectivity index is 1.45. The zero-order chi connectivity index (χ0) is 20.8. The van der Waals surface area contributed by atoms with E-state index in [1.807, 2.05) is 60.7 Å². The molecule has 0 atom stereocenters. The zero-order valence-electron chi connectivity index (χ0n) is 15.7. The number of hydrogen-bond donors (Lipinski definition) is 2. The van der Waals surface area contributed by atoms with Gasteiger partial charge in [0.2, 0.25) is 5.91 Å². The van der Waals surface area contributed by atoms with Crippen molar-refractivity contribution in [3.63, 3.8) is 0 Å². The molecule has 150 valence electrons. The maximum absolute atomic E-state index is 12.1. The molecule has 0 spiro atoms. The van der Waals surface area contributed by atoms with Crippen LogP contribution in [0.3, 0.4) is 0 Å². The molecule has 2 aromatic carbocycles. The molecule has 30 heavy (non-hydrogen) atoms. The second kappa shape index (κ2) is 9.43. The zero-order valence-corrected chi connectivity index (χ0v) is 17.3. The Bertz CT molecular complexity index is 1070. The summed E-state index contributed by atoms with van der Waals surface area (Å²) in [5, 5.41) is 2.18. The van der Waals surface area contributed by atoms with Crippen molar-refractivity contribution < 1.29 is 14.0 Å². The molecule has 0 saturated heterocycles. The number of oxazole rings is 1. The highest BCUT2D eigenvalue weighted by molar-refractivity contribution is 7.99. The van der Waals surface area contributed by atoms with Crippen LogP contribution in [0.4, 0.5) is 0 Å². The fourth-order valence-corrected chi connectivity index (χ4v) is 3.94. The Morgan fingerprint density at radius 3 is 2.27 bits per heavy atom. The smallest absolute Gasteiger partial charge is 0.279 e. The first-order valence-corrected chi connectivity index (χ1v) is 10.9. The van der Waals surface area contributed by atoms with E-state index in [1.165, 1.54) is 11.3 Å². The highest BCUT2D eigenvalue weighted by Crippen LogP contribution is 2.35. The maximum atomic E-state index is 12.1. The molecule has 6 nitrogen and oxygen atoms in total. The number of amides is 2. The third-order valence-corrected chi connectivity index (χ3v) is 5.77. The van der Waals surface area contributed by atoms with Crippen LogP contribution in [0.5, 0.6) is 0 Å². The number of thiophene rings is 1. The monoisotopic (exact) mass is 435 g/mol. The topological polar surface area (TPSA) is 84.2 Å². The normalized spacial score (nSPS) is 10.5. The van der Waals surface area contributed by atoms with Crippen molar-refractivity contribution in [1.29, 1.82) is 0 Å². The quantitative estimate of drug-likeness (QED) is 0.341. The van der Waals surface area contributed by atoms with Crippen LogP contribution in [-0.4, -0.2) is 22.6 Å². The third kappa shape index (κ3) is 4.79. The van der Waals surface area contributed by atoms with Crippen LogP contribution in [0.2, 0.25) is 0 Å². The number of nitrogens with zero attached hydrogens (tertiary/aromatic N) is 1. The number of hydrazine groups is 1. The minimum Gasteiger partial charge on any atom is -0.431 e. The van der Waals surface area contributed by atoms with E-state index < -0.39 is 0 Å². The highest BCUT2D eigenvalue weighted by atomic mass is 32.2. The van der Waals surface area contributed by atoms with Gasteiger partial charge in [-0.25, -0.2) is 4.98 Å². The van der Waals surface area contributed by atoms with Gasteiger partial charge < -0.3 is 4.42 Å². The molecule has 0 fully saturated rings. The van der Waals surface area contributed by atoms with E-state index >= 15 is 0 Å². The number of nitrogens with one attached hydrogen (secondary N) is 2. The number of rotatable bonds is 6. The molecule has 2 N–H and O–H groups in total. The summed E-state index contributed by atoms with van der Waals surface area (Å²) in [6.45, 7) is 0. The van der Waals surface area contributed by atoms with Gasteiger partial charge >= 0.3 is 0 Å². The number of carbonyl (C=O) groups excluding carboxylic acids is 2. The van der Waals surface area contributed by atoms with Crippen LogP contribution >= 0.6 is 23.1 Å². The van der Waals surface area contributed by atoms with Crippen molar-refractivity contribution in [2.75, 3.05) is 5.75 Å². The lowest BCUT2D eigenvalue weighted by Gasteiger charge is -2.04. The first-order chi connectivity index (χ1) is 14.7. The molecule has 4 rings (SSSR count). The summed E-state index contributed by atoms with van der Waals surface area (Å²) in [7, 11) is 0. The second-order valence-electron chi connectivity index (χ2n) is 6.16. The minimum absolute atomic E-state index is 0.0493. The summed E-state index contributed by atoms with van der Waals surface area (Å²) in [6, 6.07) is 22.9. The Morgan fingerprint density at radius 2 is 1.60 bits per heavy atom. The predicted octanol–water partition coefficient (Wildman–Crippen LogP) is 4.62. The van der Waals surface area contributed by atoms with Gasteiger partial charge in [-0.3, -0.25) is 20.4 Å². The van der Waals surface area contributed by atoms with E-state index in [-0.39, 0.29) is 17.6 Å². The van der Waals surface area contributed by atoms with E-state index in [0.717, 1.165) is 28.6 Å². The molecule has 0 aliphatic carbocycles. The van der Waals surface area contributed by atoms with Gasteiger partial charge in [0.05, 0.1) is 10.6 Å². The van der Waals surface area contributed by atoms with Gasteiger partial charge in [0, 0.05) is 11.1 Å². The lowest BCUT2D eigenvalue weighted by atomic mass is 10.1. The van der Waals surface area contributed by atoms with Gasteiger partial charge in [-0.1, -0.05) is 78.5 Å². The van der Waals surface area contributed by atoms with E-state index in [4.69, 9.17) is 4.42 Å². The average Bonchev–Trinajstić information content (AvgIpc) is 3.48. The standard InChI is InChI=1S/C22H17N3O3S2/c26-18(24-25-21(27)17-12-7-13-29-17)14-30-22-23-19(15-8-3-1-4-9-15)20(28-22)16-10-5-2-6-11-16/h1-13H,14H2,(H,24,26)(H,25,27). The second-order valence-corrected chi connectivity index (χ2v) is 8.03. The molecule has 2 heterocycles. The third-order valence-electron chi connectivity index (χ3n) is 4.08. The number of aromatic nitrogens is 1. The molecule has 8 heteroatoms. The molecule has 0 aliphatic rings. The molecular formula is C22H17N3O3S2.